The Labute approximate surface area is 78.7 Å². The van der Waals surface area contributed by atoms with Crippen LogP contribution in [0.25, 0.3) is 6.08 Å². The molecule has 2 N–H and O–H groups in total. The first-order valence-electron chi connectivity index (χ1n) is 3.98. The molecule has 0 aromatic heterocycles. The molecule has 0 fully saturated rings. The van der Waals surface area contributed by atoms with E-state index in [0.717, 1.165) is 11.3 Å². The van der Waals surface area contributed by atoms with Crippen molar-refractivity contribution in [1.29, 1.82) is 0 Å². The van der Waals surface area contributed by atoms with Crippen molar-refractivity contribution in [2.75, 3.05) is 6.54 Å². The number of hydrogen-bond acceptors (Lipinski definition) is 2. The molecule has 12 heavy (non-hydrogen) atoms. The number of hydrogen-bond donors (Lipinski definition) is 2. The maximum atomic E-state index is 5.36. The zero-order chi connectivity index (χ0) is 8.81. The highest BCUT2D eigenvalue weighted by Crippen LogP contribution is 2.10. The highest BCUT2D eigenvalue weighted by Gasteiger charge is 1.86. The Kier molecular flexibility index (Phi) is 3.91. The van der Waals surface area contributed by atoms with E-state index in [9.17, 15) is 0 Å². The highest BCUT2D eigenvalue weighted by atomic mass is 32.1. The monoisotopic (exact) mass is 179 g/mol. The summed E-state index contributed by atoms with van der Waals surface area (Å²) >= 11 is 4.24. The molecule has 0 amide bonds. The fourth-order valence-corrected chi connectivity index (χ4v) is 1.18. The minimum atomic E-state index is 0.705. The Bertz CT molecular complexity index is 268. The molecule has 0 radical (unpaired) electrons. The van der Waals surface area contributed by atoms with Gasteiger partial charge in [0.2, 0.25) is 0 Å². The smallest absolute Gasteiger partial charge is 0.00459 e. The lowest BCUT2D eigenvalue weighted by Gasteiger charge is -1.94. The zero-order valence-electron chi connectivity index (χ0n) is 6.90. The average Bonchev–Trinajstić information content (AvgIpc) is 2.05. The summed E-state index contributed by atoms with van der Waals surface area (Å²) in [6.07, 6.45) is 5.06. The molecular weight excluding hydrogens is 166 g/mol. The minimum Gasteiger partial charge on any atom is -0.330 e. The molecular formula is C10H13NS. The quantitative estimate of drug-likeness (QED) is 0.684. The van der Waals surface area contributed by atoms with Crippen molar-refractivity contribution in [3.05, 3.63) is 35.9 Å². The van der Waals surface area contributed by atoms with E-state index < -0.39 is 0 Å². The van der Waals surface area contributed by atoms with Gasteiger partial charge in [-0.3, -0.25) is 0 Å². The van der Waals surface area contributed by atoms with E-state index in [1.807, 2.05) is 24.3 Å². The predicted octanol–water partition coefficient (Wildman–Crippen LogP) is 2.34. The average molecular weight is 179 g/mol. The van der Waals surface area contributed by atoms with Crippen molar-refractivity contribution in [3.63, 3.8) is 0 Å². The SMILES string of the molecule is NCCC=Cc1cccc(S)c1. The molecule has 1 aromatic carbocycles. The summed E-state index contributed by atoms with van der Waals surface area (Å²) in [5, 5.41) is 0. The fourth-order valence-electron chi connectivity index (χ4n) is 0.944. The summed E-state index contributed by atoms with van der Waals surface area (Å²) in [5.41, 5.74) is 6.53. The Morgan fingerprint density at radius 3 is 2.92 bits per heavy atom. The van der Waals surface area contributed by atoms with Gasteiger partial charge in [-0.1, -0.05) is 24.3 Å². The predicted molar refractivity (Wildman–Crippen MR) is 56.4 cm³/mol. The van der Waals surface area contributed by atoms with Gasteiger partial charge in [0.1, 0.15) is 0 Å². The standard InChI is InChI=1S/C10H13NS/c11-7-2-1-4-9-5-3-6-10(12)8-9/h1,3-6,8,12H,2,7,11H2. The molecule has 0 heterocycles. The van der Waals surface area contributed by atoms with Gasteiger partial charge in [-0.25, -0.2) is 0 Å². The molecule has 0 atom stereocenters. The fraction of sp³-hybridized carbons (Fsp3) is 0.200. The topological polar surface area (TPSA) is 26.0 Å². The Hall–Kier alpha value is -0.730. The largest absolute Gasteiger partial charge is 0.330 e. The van der Waals surface area contributed by atoms with Crippen LogP contribution in [0.2, 0.25) is 0 Å². The first-order valence-corrected chi connectivity index (χ1v) is 4.43. The van der Waals surface area contributed by atoms with Gasteiger partial charge < -0.3 is 5.73 Å². The number of thiol groups is 1. The van der Waals surface area contributed by atoms with Crippen LogP contribution in [0.3, 0.4) is 0 Å². The summed E-state index contributed by atoms with van der Waals surface area (Å²) in [6, 6.07) is 8.02. The van der Waals surface area contributed by atoms with Crippen molar-refractivity contribution < 1.29 is 0 Å². The first kappa shape index (κ1) is 9.36. The van der Waals surface area contributed by atoms with Crippen LogP contribution in [0.15, 0.2) is 35.2 Å². The third kappa shape index (κ3) is 3.11. The maximum Gasteiger partial charge on any atom is 0.00459 e. The summed E-state index contributed by atoms with van der Waals surface area (Å²) in [5.74, 6) is 0. The Morgan fingerprint density at radius 2 is 2.25 bits per heavy atom. The second-order valence-corrected chi connectivity index (χ2v) is 3.09. The number of benzene rings is 1. The van der Waals surface area contributed by atoms with Gasteiger partial charge >= 0.3 is 0 Å². The van der Waals surface area contributed by atoms with Gasteiger partial charge in [0, 0.05) is 4.90 Å². The lowest BCUT2D eigenvalue weighted by atomic mass is 10.2. The molecule has 0 bridgehead atoms. The normalized spacial score (nSPS) is 10.8. The van der Waals surface area contributed by atoms with Gasteiger partial charge in [0.05, 0.1) is 0 Å². The van der Waals surface area contributed by atoms with Crippen molar-refractivity contribution in [2.24, 2.45) is 5.73 Å². The van der Waals surface area contributed by atoms with E-state index in [4.69, 9.17) is 5.73 Å². The lowest BCUT2D eigenvalue weighted by molar-refractivity contribution is 1.01. The van der Waals surface area contributed by atoms with Crippen LogP contribution >= 0.6 is 12.6 Å². The third-order valence-electron chi connectivity index (χ3n) is 1.51. The van der Waals surface area contributed by atoms with Crippen LogP contribution < -0.4 is 5.73 Å². The molecule has 0 aliphatic rings. The molecule has 1 aromatic rings. The second-order valence-electron chi connectivity index (χ2n) is 2.57. The molecule has 64 valence electrons. The Balaban J connectivity index is 2.63. The summed E-state index contributed by atoms with van der Waals surface area (Å²) < 4.78 is 0. The van der Waals surface area contributed by atoms with Crippen molar-refractivity contribution >= 4 is 18.7 Å². The summed E-state index contributed by atoms with van der Waals surface area (Å²) in [6.45, 7) is 0.705. The second kappa shape index (κ2) is 5.01. The van der Waals surface area contributed by atoms with Gasteiger partial charge in [0.15, 0.2) is 0 Å². The zero-order valence-corrected chi connectivity index (χ0v) is 7.80. The van der Waals surface area contributed by atoms with Gasteiger partial charge in [-0.2, -0.15) is 0 Å². The third-order valence-corrected chi connectivity index (χ3v) is 1.79. The molecule has 2 heteroatoms. The molecule has 0 aliphatic carbocycles. The molecule has 0 aliphatic heterocycles. The molecule has 0 spiro atoms. The van der Waals surface area contributed by atoms with E-state index >= 15 is 0 Å². The molecule has 0 unspecified atom stereocenters. The number of nitrogens with two attached hydrogens (primary N) is 1. The number of rotatable bonds is 3. The van der Waals surface area contributed by atoms with E-state index in [-0.39, 0.29) is 0 Å². The van der Waals surface area contributed by atoms with Crippen LogP contribution in [0, 0.1) is 0 Å². The summed E-state index contributed by atoms with van der Waals surface area (Å²) in [4.78, 5) is 0.991. The molecule has 1 rings (SSSR count). The highest BCUT2D eigenvalue weighted by molar-refractivity contribution is 7.80. The maximum absolute atomic E-state index is 5.36. The molecule has 0 saturated carbocycles. The lowest BCUT2D eigenvalue weighted by Crippen LogP contribution is -1.94. The van der Waals surface area contributed by atoms with E-state index in [2.05, 4.69) is 24.8 Å². The van der Waals surface area contributed by atoms with Crippen LogP contribution in [0.1, 0.15) is 12.0 Å². The minimum absolute atomic E-state index is 0.705. The van der Waals surface area contributed by atoms with Gasteiger partial charge in [-0.05, 0) is 30.7 Å². The van der Waals surface area contributed by atoms with E-state index in [1.54, 1.807) is 0 Å². The van der Waals surface area contributed by atoms with Gasteiger partial charge in [0.25, 0.3) is 0 Å². The van der Waals surface area contributed by atoms with Crippen LogP contribution in [0.4, 0.5) is 0 Å². The van der Waals surface area contributed by atoms with Crippen LogP contribution in [0.5, 0.6) is 0 Å². The van der Waals surface area contributed by atoms with E-state index in [1.165, 1.54) is 5.56 Å². The van der Waals surface area contributed by atoms with E-state index in [0.29, 0.717) is 6.54 Å². The van der Waals surface area contributed by atoms with Crippen LogP contribution in [-0.2, 0) is 0 Å². The first-order chi connectivity index (χ1) is 5.83. The molecule has 1 nitrogen and oxygen atoms in total. The van der Waals surface area contributed by atoms with Crippen molar-refractivity contribution in [3.8, 4) is 0 Å². The molecule has 0 saturated heterocycles. The van der Waals surface area contributed by atoms with Crippen LogP contribution in [-0.4, -0.2) is 6.54 Å². The Morgan fingerprint density at radius 1 is 1.42 bits per heavy atom. The van der Waals surface area contributed by atoms with Crippen molar-refractivity contribution in [2.45, 2.75) is 11.3 Å². The summed E-state index contributed by atoms with van der Waals surface area (Å²) in [7, 11) is 0. The van der Waals surface area contributed by atoms with Crippen molar-refractivity contribution in [1.82, 2.24) is 0 Å². The van der Waals surface area contributed by atoms with Gasteiger partial charge in [-0.15, -0.1) is 12.6 Å².